The molecule has 106 valence electrons. The smallest absolute Gasteiger partial charge is 0.167 e. The molecule has 2 aromatic carbocycles. The highest BCUT2D eigenvalue weighted by Gasteiger charge is 2.12. The van der Waals surface area contributed by atoms with E-state index in [2.05, 4.69) is 0 Å². The lowest BCUT2D eigenvalue weighted by molar-refractivity contribution is 0.319. The molecular weight excluding hydrogens is 304 g/mol. The summed E-state index contributed by atoms with van der Waals surface area (Å²) in [5.74, 6) is 0.164. The number of halogens is 3. The Kier molecular flexibility index (Phi) is 4.57. The van der Waals surface area contributed by atoms with E-state index in [1.54, 1.807) is 25.1 Å². The first-order chi connectivity index (χ1) is 9.51. The number of nitrogen functional groups attached to an aromatic ring is 1. The average molecular weight is 316 g/mol. The van der Waals surface area contributed by atoms with Crippen LogP contribution in [0.1, 0.15) is 6.92 Å². The van der Waals surface area contributed by atoms with Gasteiger partial charge in [-0.3, -0.25) is 0 Å². The van der Waals surface area contributed by atoms with E-state index in [1.165, 1.54) is 6.07 Å². The second-order valence-corrected chi connectivity index (χ2v) is 4.77. The van der Waals surface area contributed by atoms with Gasteiger partial charge in [0.05, 0.1) is 17.3 Å². The predicted octanol–water partition coefficient (Wildman–Crippen LogP) is 4.91. The minimum Gasteiger partial charge on any atom is -0.491 e. The summed E-state index contributed by atoms with van der Waals surface area (Å²) in [7, 11) is 0. The number of rotatable bonds is 4. The number of anilines is 1. The molecule has 0 saturated carbocycles. The topological polar surface area (TPSA) is 44.5 Å². The number of nitrogens with two attached hydrogens (primary N) is 1. The highest BCUT2D eigenvalue weighted by Crippen LogP contribution is 2.37. The third kappa shape index (κ3) is 3.26. The van der Waals surface area contributed by atoms with E-state index >= 15 is 0 Å². The van der Waals surface area contributed by atoms with Crippen molar-refractivity contribution in [2.75, 3.05) is 12.3 Å². The SMILES string of the molecule is CCOc1cc(Oc2ccc(Cl)cc2Cl)c(N)cc1F. The van der Waals surface area contributed by atoms with Gasteiger partial charge < -0.3 is 15.2 Å². The molecule has 0 unspecified atom stereocenters. The minimum absolute atomic E-state index is 0.0711. The molecule has 20 heavy (non-hydrogen) atoms. The summed E-state index contributed by atoms with van der Waals surface area (Å²) in [5, 5.41) is 0.823. The van der Waals surface area contributed by atoms with Crippen LogP contribution in [-0.2, 0) is 0 Å². The molecule has 2 rings (SSSR count). The summed E-state index contributed by atoms with van der Waals surface area (Å²) < 4.78 is 24.3. The molecular formula is C14H12Cl2FNO2. The Morgan fingerprint density at radius 3 is 2.50 bits per heavy atom. The van der Waals surface area contributed by atoms with Gasteiger partial charge >= 0.3 is 0 Å². The first-order valence-electron chi connectivity index (χ1n) is 5.86. The molecule has 0 fully saturated rings. The molecule has 2 aromatic rings. The van der Waals surface area contributed by atoms with Crippen LogP contribution in [0.15, 0.2) is 30.3 Å². The second-order valence-electron chi connectivity index (χ2n) is 3.93. The van der Waals surface area contributed by atoms with Gasteiger partial charge in [0.2, 0.25) is 0 Å². The van der Waals surface area contributed by atoms with E-state index in [-0.39, 0.29) is 17.2 Å². The Morgan fingerprint density at radius 2 is 1.85 bits per heavy atom. The zero-order valence-corrected chi connectivity index (χ0v) is 12.1. The number of benzene rings is 2. The fraction of sp³-hybridized carbons (Fsp3) is 0.143. The summed E-state index contributed by atoms with van der Waals surface area (Å²) in [6.45, 7) is 2.09. The first-order valence-corrected chi connectivity index (χ1v) is 6.61. The zero-order chi connectivity index (χ0) is 14.7. The van der Waals surface area contributed by atoms with E-state index in [4.69, 9.17) is 38.4 Å². The van der Waals surface area contributed by atoms with E-state index in [9.17, 15) is 4.39 Å². The molecule has 0 aromatic heterocycles. The molecule has 0 spiro atoms. The van der Waals surface area contributed by atoms with Crippen LogP contribution in [0, 0.1) is 5.82 Å². The Hall–Kier alpha value is -1.65. The van der Waals surface area contributed by atoms with Gasteiger partial charge in [-0.1, -0.05) is 23.2 Å². The lowest BCUT2D eigenvalue weighted by Gasteiger charge is -2.12. The van der Waals surface area contributed by atoms with Crippen molar-refractivity contribution in [2.45, 2.75) is 6.92 Å². The summed E-state index contributed by atoms with van der Waals surface area (Å²) in [6, 6.07) is 7.31. The number of hydrogen-bond donors (Lipinski definition) is 1. The monoisotopic (exact) mass is 315 g/mol. The van der Waals surface area contributed by atoms with Crippen molar-refractivity contribution >= 4 is 28.9 Å². The maximum Gasteiger partial charge on any atom is 0.167 e. The van der Waals surface area contributed by atoms with Crippen molar-refractivity contribution in [2.24, 2.45) is 0 Å². The van der Waals surface area contributed by atoms with Crippen LogP contribution in [-0.4, -0.2) is 6.61 Å². The Labute approximate surface area is 126 Å². The molecule has 0 aliphatic heterocycles. The molecule has 0 aliphatic rings. The van der Waals surface area contributed by atoms with Crippen LogP contribution in [0.4, 0.5) is 10.1 Å². The third-order valence-corrected chi connectivity index (χ3v) is 3.01. The van der Waals surface area contributed by atoms with Crippen molar-refractivity contribution in [3.05, 3.63) is 46.2 Å². The molecule has 6 heteroatoms. The zero-order valence-electron chi connectivity index (χ0n) is 10.6. The van der Waals surface area contributed by atoms with Crippen molar-refractivity contribution < 1.29 is 13.9 Å². The number of ether oxygens (including phenoxy) is 2. The summed E-state index contributed by atoms with van der Waals surface area (Å²) in [6.07, 6.45) is 0. The second kappa shape index (κ2) is 6.20. The van der Waals surface area contributed by atoms with Crippen molar-refractivity contribution in [3.8, 4) is 17.2 Å². The van der Waals surface area contributed by atoms with E-state index in [1.807, 2.05) is 0 Å². The van der Waals surface area contributed by atoms with Gasteiger partial charge in [-0.2, -0.15) is 0 Å². The average Bonchev–Trinajstić information content (AvgIpc) is 2.38. The van der Waals surface area contributed by atoms with Crippen LogP contribution >= 0.6 is 23.2 Å². The molecule has 3 nitrogen and oxygen atoms in total. The molecule has 0 heterocycles. The summed E-state index contributed by atoms with van der Waals surface area (Å²) in [5.41, 5.74) is 5.87. The van der Waals surface area contributed by atoms with Gasteiger partial charge in [0.1, 0.15) is 5.75 Å². The highest BCUT2D eigenvalue weighted by atomic mass is 35.5. The van der Waals surface area contributed by atoms with E-state index < -0.39 is 5.82 Å². The molecule has 0 aliphatic carbocycles. The third-order valence-electron chi connectivity index (χ3n) is 2.48. The Balaban J connectivity index is 2.35. The predicted molar refractivity (Wildman–Crippen MR) is 78.5 cm³/mol. The molecule has 2 N–H and O–H groups in total. The summed E-state index contributed by atoms with van der Waals surface area (Å²) in [4.78, 5) is 0. The van der Waals surface area contributed by atoms with Crippen LogP contribution in [0.5, 0.6) is 17.2 Å². The Bertz CT molecular complexity index is 635. The van der Waals surface area contributed by atoms with Crippen molar-refractivity contribution in [1.29, 1.82) is 0 Å². The quantitative estimate of drug-likeness (QED) is 0.816. The fourth-order valence-electron chi connectivity index (χ4n) is 1.58. The largest absolute Gasteiger partial charge is 0.491 e. The van der Waals surface area contributed by atoms with Gasteiger partial charge in [0, 0.05) is 17.2 Å². The maximum atomic E-state index is 13.6. The normalized spacial score (nSPS) is 10.4. The minimum atomic E-state index is -0.543. The Morgan fingerprint density at radius 1 is 1.10 bits per heavy atom. The van der Waals surface area contributed by atoms with Gasteiger partial charge in [0.25, 0.3) is 0 Å². The van der Waals surface area contributed by atoms with E-state index in [0.717, 1.165) is 6.07 Å². The molecule has 0 bridgehead atoms. The van der Waals surface area contributed by atoms with Crippen LogP contribution < -0.4 is 15.2 Å². The van der Waals surface area contributed by atoms with Crippen molar-refractivity contribution in [3.63, 3.8) is 0 Å². The molecule has 0 radical (unpaired) electrons. The molecule has 0 amide bonds. The first kappa shape index (κ1) is 14.8. The number of hydrogen-bond acceptors (Lipinski definition) is 3. The van der Waals surface area contributed by atoms with Gasteiger partial charge in [-0.05, 0) is 25.1 Å². The lowest BCUT2D eigenvalue weighted by atomic mass is 10.2. The fourth-order valence-corrected chi connectivity index (χ4v) is 2.03. The summed E-state index contributed by atoms with van der Waals surface area (Å²) >= 11 is 11.8. The van der Waals surface area contributed by atoms with E-state index in [0.29, 0.717) is 22.4 Å². The van der Waals surface area contributed by atoms with Crippen molar-refractivity contribution in [1.82, 2.24) is 0 Å². The standard InChI is InChI=1S/C14H12Cl2FNO2/c1-2-19-13-7-14(11(18)6-10(13)17)20-12-4-3-8(15)5-9(12)16/h3-7H,2,18H2,1H3. The lowest BCUT2D eigenvalue weighted by Crippen LogP contribution is -1.99. The maximum absolute atomic E-state index is 13.6. The molecule has 0 atom stereocenters. The van der Waals surface area contributed by atoms with Crippen LogP contribution in [0.2, 0.25) is 10.0 Å². The van der Waals surface area contributed by atoms with Gasteiger partial charge in [-0.15, -0.1) is 0 Å². The highest BCUT2D eigenvalue weighted by molar-refractivity contribution is 6.35. The van der Waals surface area contributed by atoms with Gasteiger partial charge in [-0.25, -0.2) is 4.39 Å². The van der Waals surface area contributed by atoms with Gasteiger partial charge in [0.15, 0.2) is 17.3 Å². The van der Waals surface area contributed by atoms with Crippen LogP contribution in [0.3, 0.4) is 0 Å². The molecule has 0 saturated heterocycles. The van der Waals surface area contributed by atoms with Crippen LogP contribution in [0.25, 0.3) is 0 Å².